The molecule has 0 aromatic heterocycles. The molecule has 0 radical (unpaired) electrons. The minimum absolute atomic E-state index is 0.0111. The fourth-order valence-electron chi connectivity index (χ4n) is 1.86. The number of aliphatic carboxylic acids is 1. The van der Waals surface area contributed by atoms with Crippen molar-refractivity contribution in [3.05, 3.63) is 66.0 Å². The molecular formula is C16H15FO3S. The molecule has 0 aliphatic rings. The number of thioether (sulfide) groups is 1. The molecule has 2 aromatic carbocycles. The van der Waals surface area contributed by atoms with Crippen LogP contribution in [0, 0.1) is 5.82 Å². The predicted octanol–water partition coefficient (Wildman–Crippen LogP) is 2.98. The van der Waals surface area contributed by atoms with E-state index >= 15 is 0 Å². The van der Waals surface area contributed by atoms with E-state index in [1.165, 1.54) is 23.9 Å². The summed E-state index contributed by atoms with van der Waals surface area (Å²) in [5.41, 5.74) is -1.11. The molecule has 2 aromatic rings. The molecule has 5 heteroatoms. The average Bonchev–Trinajstić information content (AvgIpc) is 2.47. The van der Waals surface area contributed by atoms with Gasteiger partial charge in [-0.1, -0.05) is 30.3 Å². The molecule has 0 spiro atoms. The van der Waals surface area contributed by atoms with Crippen molar-refractivity contribution in [2.75, 3.05) is 5.75 Å². The lowest BCUT2D eigenvalue weighted by Gasteiger charge is -2.23. The van der Waals surface area contributed by atoms with Gasteiger partial charge in [0.2, 0.25) is 0 Å². The van der Waals surface area contributed by atoms with Crippen molar-refractivity contribution in [1.29, 1.82) is 0 Å². The number of benzene rings is 2. The quantitative estimate of drug-likeness (QED) is 0.806. The molecule has 0 aliphatic carbocycles. The Hall–Kier alpha value is -1.85. The van der Waals surface area contributed by atoms with Gasteiger partial charge in [-0.25, -0.2) is 9.18 Å². The molecule has 0 unspecified atom stereocenters. The van der Waals surface area contributed by atoms with Gasteiger partial charge in [-0.2, -0.15) is 0 Å². The summed E-state index contributed by atoms with van der Waals surface area (Å²) in [4.78, 5) is 12.1. The number of carboxylic acid groups (broad SMARTS) is 1. The summed E-state index contributed by atoms with van der Waals surface area (Å²) in [5, 5.41) is 19.7. The Morgan fingerprint density at radius 1 is 1.10 bits per heavy atom. The highest BCUT2D eigenvalue weighted by Gasteiger charge is 2.36. The average molecular weight is 306 g/mol. The zero-order valence-electron chi connectivity index (χ0n) is 11.2. The van der Waals surface area contributed by atoms with Crippen LogP contribution >= 0.6 is 11.8 Å². The van der Waals surface area contributed by atoms with Crippen molar-refractivity contribution in [3.63, 3.8) is 0 Å². The van der Waals surface area contributed by atoms with Gasteiger partial charge < -0.3 is 10.2 Å². The van der Waals surface area contributed by atoms with Crippen LogP contribution in [0.2, 0.25) is 0 Å². The second-order valence-corrected chi connectivity index (χ2v) is 5.79. The smallest absolute Gasteiger partial charge is 0.336 e. The molecule has 21 heavy (non-hydrogen) atoms. The molecule has 0 bridgehead atoms. The molecule has 2 rings (SSSR count). The highest BCUT2D eigenvalue weighted by molar-refractivity contribution is 7.99. The Labute approximate surface area is 126 Å². The van der Waals surface area contributed by atoms with Gasteiger partial charge >= 0.3 is 5.97 Å². The number of halogens is 1. The second kappa shape index (κ2) is 6.74. The van der Waals surface area contributed by atoms with E-state index in [2.05, 4.69) is 0 Å². The van der Waals surface area contributed by atoms with Crippen LogP contribution in [0.4, 0.5) is 4.39 Å². The van der Waals surface area contributed by atoms with E-state index in [1.54, 1.807) is 36.4 Å². The third kappa shape index (κ3) is 4.31. The molecule has 0 saturated heterocycles. The van der Waals surface area contributed by atoms with Crippen molar-refractivity contribution in [3.8, 4) is 0 Å². The Bertz CT molecular complexity index is 601. The Morgan fingerprint density at radius 2 is 1.71 bits per heavy atom. The first kappa shape index (κ1) is 15.5. The molecule has 0 aliphatic heterocycles. The Kier molecular flexibility index (Phi) is 4.98. The van der Waals surface area contributed by atoms with Crippen molar-refractivity contribution in [2.24, 2.45) is 0 Å². The van der Waals surface area contributed by atoms with Gasteiger partial charge in [0.1, 0.15) is 5.82 Å². The maximum atomic E-state index is 12.8. The van der Waals surface area contributed by atoms with Gasteiger partial charge in [-0.3, -0.25) is 0 Å². The van der Waals surface area contributed by atoms with E-state index < -0.39 is 11.6 Å². The summed E-state index contributed by atoms with van der Waals surface area (Å²) in [6.45, 7) is 0. The van der Waals surface area contributed by atoms with Gasteiger partial charge in [-0.15, -0.1) is 11.8 Å². The van der Waals surface area contributed by atoms with Gasteiger partial charge in [0.15, 0.2) is 5.60 Å². The molecule has 1 atom stereocenters. The van der Waals surface area contributed by atoms with Crippen LogP contribution in [0.15, 0.2) is 59.5 Å². The van der Waals surface area contributed by atoms with E-state index in [-0.39, 0.29) is 18.0 Å². The lowest BCUT2D eigenvalue weighted by molar-refractivity contribution is -0.155. The van der Waals surface area contributed by atoms with Crippen LogP contribution in [-0.4, -0.2) is 27.5 Å². The first-order chi connectivity index (χ1) is 9.99. The summed E-state index contributed by atoms with van der Waals surface area (Å²) in [5.74, 6) is -1.62. The van der Waals surface area contributed by atoms with Gasteiger partial charge in [0, 0.05) is 17.1 Å². The molecule has 0 saturated carbocycles. The monoisotopic (exact) mass is 306 g/mol. The normalized spacial score (nSPS) is 13.6. The molecule has 0 fully saturated rings. The zero-order valence-corrected chi connectivity index (χ0v) is 12.0. The number of rotatable bonds is 6. The maximum Gasteiger partial charge on any atom is 0.336 e. The molecule has 2 N–H and O–H groups in total. The van der Waals surface area contributed by atoms with E-state index in [0.717, 1.165) is 5.56 Å². The topological polar surface area (TPSA) is 57.5 Å². The third-order valence-corrected chi connectivity index (χ3v) is 4.26. The fraction of sp³-hybridized carbons (Fsp3) is 0.188. The van der Waals surface area contributed by atoms with Crippen LogP contribution in [-0.2, 0) is 11.2 Å². The van der Waals surface area contributed by atoms with Crippen LogP contribution in [0.3, 0.4) is 0 Å². The maximum absolute atomic E-state index is 12.8. The summed E-state index contributed by atoms with van der Waals surface area (Å²) >= 11 is 1.19. The van der Waals surface area contributed by atoms with E-state index in [4.69, 9.17) is 0 Å². The van der Waals surface area contributed by atoms with Crippen molar-refractivity contribution in [2.45, 2.75) is 16.9 Å². The van der Waals surface area contributed by atoms with Crippen LogP contribution in [0.5, 0.6) is 0 Å². The van der Waals surface area contributed by atoms with E-state index in [1.807, 2.05) is 6.07 Å². The van der Waals surface area contributed by atoms with Gasteiger partial charge in [0.25, 0.3) is 0 Å². The number of hydrogen-bond acceptors (Lipinski definition) is 3. The van der Waals surface area contributed by atoms with Crippen molar-refractivity contribution < 1.29 is 19.4 Å². The second-order valence-electron chi connectivity index (χ2n) is 4.74. The minimum atomic E-state index is -1.86. The number of carbonyl (C=O) groups is 1. The Morgan fingerprint density at radius 3 is 2.29 bits per heavy atom. The first-order valence-corrected chi connectivity index (χ1v) is 7.36. The molecule has 110 valence electrons. The van der Waals surface area contributed by atoms with E-state index in [0.29, 0.717) is 4.90 Å². The number of hydrogen-bond donors (Lipinski definition) is 2. The van der Waals surface area contributed by atoms with Gasteiger partial charge in [-0.05, 0) is 29.8 Å². The SMILES string of the molecule is O=C(O)[C@@](O)(CSc1ccc(F)cc1)Cc1ccccc1. The number of aliphatic hydroxyl groups is 1. The standard InChI is InChI=1S/C16H15FO3S/c17-13-6-8-14(9-7-13)21-11-16(20,15(18)19)10-12-4-2-1-3-5-12/h1-9,20H,10-11H2,(H,18,19)/t16-/m0/s1. The zero-order chi connectivity index (χ0) is 15.3. The molecule has 0 amide bonds. The molecule has 3 nitrogen and oxygen atoms in total. The lowest BCUT2D eigenvalue weighted by Crippen LogP contribution is -2.43. The fourth-order valence-corrected chi connectivity index (χ4v) is 2.81. The van der Waals surface area contributed by atoms with Gasteiger partial charge in [0.05, 0.1) is 0 Å². The summed E-state index contributed by atoms with van der Waals surface area (Å²) in [6, 6.07) is 14.7. The van der Waals surface area contributed by atoms with Crippen LogP contribution in [0.25, 0.3) is 0 Å². The lowest BCUT2D eigenvalue weighted by atomic mass is 9.97. The summed E-state index contributed by atoms with van der Waals surface area (Å²) < 4.78 is 12.8. The predicted molar refractivity (Wildman–Crippen MR) is 79.9 cm³/mol. The summed E-state index contributed by atoms with van der Waals surface area (Å²) in [6.07, 6.45) is 0.0252. The molecular weight excluding hydrogens is 291 g/mol. The highest BCUT2D eigenvalue weighted by atomic mass is 32.2. The van der Waals surface area contributed by atoms with Crippen LogP contribution < -0.4 is 0 Å². The van der Waals surface area contributed by atoms with Crippen LogP contribution in [0.1, 0.15) is 5.56 Å². The van der Waals surface area contributed by atoms with Crippen molar-refractivity contribution in [1.82, 2.24) is 0 Å². The first-order valence-electron chi connectivity index (χ1n) is 6.38. The summed E-state index contributed by atoms with van der Waals surface area (Å²) in [7, 11) is 0. The minimum Gasteiger partial charge on any atom is -0.479 e. The third-order valence-electron chi connectivity index (χ3n) is 3.03. The largest absolute Gasteiger partial charge is 0.479 e. The Balaban J connectivity index is 2.07. The number of carboxylic acids is 1. The van der Waals surface area contributed by atoms with Crippen molar-refractivity contribution >= 4 is 17.7 Å². The molecule has 0 heterocycles. The van der Waals surface area contributed by atoms with E-state index in [9.17, 15) is 19.4 Å². The highest BCUT2D eigenvalue weighted by Crippen LogP contribution is 2.26.